The van der Waals surface area contributed by atoms with Gasteiger partial charge in [-0.15, -0.1) is 6.42 Å². The molecule has 8 heteroatoms. The van der Waals surface area contributed by atoms with Crippen LogP contribution in [0.1, 0.15) is 57.4 Å². The molecule has 2 rings (SSSR count). The van der Waals surface area contributed by atoms with E-state index in [1.807, 2.05) is 37.9 Å². The molecule has 1 unspecified atom stereocenters. The Morgan fingerprint density at radius 3 is 2.54 bits per heavy atom. The molecule has 1 saturated heterocycles. The Hall–Kier alpha value is -2.76. The Kier molecular flexibility index (Phi) is 9.99. The molecule has 2 N–H and O–H groups in total. The molecular weight excluding hydrogens is 460 g/mol. The van der Waals surface area contributed by atoms with Crippen molar-refractivity contribution in [1.82, 2.24) is 19.5 Å². The third-order valence-electron chi connectivity index (χ3n) is 6.65. The lowest BCUT2D eigenvalue weighted by atomic mass is 9.94. The van der Waals surface area contributed by atoms with E-state index in [-0.39, 0.29) is 12.3 Å². The van der Waals surface area contributed by atoms with Crippen molar-refractivity contribution in [2.75, 3.05) is 33.2 Å². The quantitative estimate of drug-likeness (QED) is 0.399. The fraction of sp³-hybridized carbons (Fsp3) is 0.519. The maximum atomic E-state index is 13.5. The largest absolute Gasteiger partial charge is 0.359 e. The first kappa shape index (κ1) is 28.5. The SMILES string of the molecule is C#CC([C@@H](C)/C(=C\C)CC(=O)N1CCCN(C)CC1)S(=O)(=O)N/C(=C/C)c1[nH]cc(C)c1C(=C)C. The summed E-state index contributed by atoms with van der Waals surface area (Å²) in [6.07, 6.45) is 12.2. The number of H-pyrrole nitrogens is 1. The monoisotopic (exact) mass is 500 g/mol. The van der Waals surface area contributed by atoms with Crippen molar-refractivity contribution in [1.29, 1.82) is 0 Å². The number of rotatable bonds is 9. The summed E-state index contributed by atoms with van der Waals surface area (Å²) >= 11 is 0. The van der Waals surface area contributed by atoms with Gasteiger partial charge < -0.3 is 14.8 Å². The molecule has 1 aromatic rings. The first-order valence-corrected chi connectivity index (χ1v) is 13.6. The van der Waals surface area contributed by atoms with Crippen molar-refractivity contribution < 1.29 is 13.2 Å². The van der Waals surface area contributed by atoms with Gasteiger partial charge in [0.05, 0.1) is 11.4 Å². The molecular formula is C27H40N4O3S. The molecule has 1 aliphatic heterocycles. The number of nitrogens with one attached hydrogen (secondary N) is 2. The van der Waals surface area contributed by atoms with Crippen LogP contribution in [0.2, 0.25) is 0 Å². The maximum Gasteiger partial charge on any atom is 0.247 e. The van der Waals surface area contributed by atoms with Gasteiger partial charge in [0.25, 0.3) is 0 Å². The minimum Gasteiger partial charge on any atom is -0.359 e. The van der Waals surface area contributed by atoms with Gasteiger partial charge in [-0.05, 0) is 58.8 Å². The molecule has 1 aromatic heterocycles. The van der Waals surface area contributed by atoms with E-state index in [0.717, 1.165) is 41.8 Å². The van der Waals surface area contributed by atoms with Crippen LogP contribution in [0.4, 0.5) is 0 Å². The van der Waals surface area contributed by atoms with Gasteiger partial charge >= 0.3 is 0 Å². The highest BCUT2D eigenvalue weighted by Gasteiger charge is 2.33. The molecule has 0 radical (unpaired) electrons. The molecule has 0 bridgehead atoms. The standard InChI is InChI=1S/C27H40N4O3S/c1-9-22(17-25(32)31-14-12-13-30(8)15-16-31)21(7)24(11-3)35(33,34)29-23(10-2)27-26(19(4)5)20(6)18-28-27/h3,9-10,18,21,24,28-29H,4,12-17H2,1-2,5-8H3/b22-9-,23-10+/t21-,24?/m0/s1. The first-order valence-electron chi connectivity index (χ1n) is 12.1. The number of carbonyl (C=O) groups is 1. The molecule has 0 aliphatic carbocycles. The number of hydrogen-bond acceptors (Lipinski definition) is 4. The van der Waals surface area contributed by atoms with Gasteiger partial charge in [0.2, 0.25) is 15.9 Å². The van der Waals surface area contributed by atoms with Crippen molar-refractivity contribution in [2.45, 2.75) is 52.7 Å². The molecule has 0 aromatic carbocycles. The van der Waals surface area contributed by atoms with Crippen molar-refractivity contribution in [3.8, 4) is 12.3 Å². The summed E-state index contributed by atoms with van der Waals surface area (Å²) in [7, 11) is -1.92. The zero-order valence-electron chi connectivity index (χ0n) is 21.9. The van der Waals surface area contributed by atoms with Gasteiger partial charge in [0.1, 0.15) is 5.25 Å². The average Bonchev–Trinajstić information content (AvgIpc) is 3.05. The number of hydrogen-bond donors (Lipinski definition) is 2. The van der Waals surface area contributed by atoms with Crippen LogP contribution in [0, 0.1) is 25.2 Å². The molecule has 2 heterocycles. The summed E-state index contributed by atoms with van der Waals surface area (Å²) in [6, 6.07) is 0. The van der Waals surface area contributed by atoms with Gasteiger partial charge in [-0.1, -0.05) is 37.1 Å². The first-order chi connectivity index (χ1) is 16.5. The average molecular weight is 501 g/mol. The molecule has 7 nitrogen and oxygen atoms in total. The lowest BCUT2D eigenvalue weighted by Gasteiger charge is -2.26. The summed E-state index contributed by atoms with van der Waals surface area (Å²) in [5.41, 5.74) is 4.46. The molecule has 1 aliphatic rings. The van der Waals surface area contributed by atoms with Crippen LogP contribution in [-0.2, 0) is 14.8 Å². The van der Waals surface area contributed by atoms with Crippen LogP contribution >= 0.6 is 0 Å². The highest BCUT2D eigenvalue weighted by Crippen LogP contribution is 2.29. The summed E-state index contributed by atoms with van der Waals surface area (Å²) < 4.78 is 29.6. The van der Waals surface area contributed by atoms with Crippen molar-refractivity contribution in [3.63, 3.8) is 0 Å². The van der Waals surface area contributed by atoms with Crippen molar-refractivity contribution >= 4 is 27.2 Å². The summed E-state index contributed by atoms with van der Waals surface area (Å²) in [4.78, 5) is 20.3. The Bertz CT molecular complexity index is 1140. The smallest absolute Gasteiger partial charge is 0.247 e. The number of aromatic nitrogens is 1. The zero-order valence-corrected chi connectivity index (χ0v) is 22.8. The number of amides is 1. The minimum absolute atomic E-state index is 0.00322. The summed E-state index contributed by atoms with van der Waals surface area (Å²) in [5, 5.41) is -1.14. The topological polar surface area (TPSA) is 85.5 Å². The minimum atomic E-state index is -3.97. The number of aromatic amines is 1. The molecule has 192 valence electrons. The third-order valence-corrected chi connectivity index (χ3v) is 8.37. The van der Waals surface area contributed by atoms with E-state index >= 15 is 0 Å². The van der Waals surface area contributed by atoms with Crippen LogP contribution in [-0.4, -0.2) is 67.6 Å². The number of terminal acetylenes is 1. The second-order valence-corrected chi connectivity index (χ2v) is 11.1. The number of nitrogens with zero attached hydrogens (tertiary/aromatic N) is 2. The number of sulfonamides is 1. The second-order valence-electron chi connectivity index (χ2n) is 9.31. The number of aryl methyl sites for hydroxylation is 1. The van der Waals surface area contributed by atoms with Crippen LogP contribution in [0.3, 0.4) is 0 Å². The highest BCUT2D eigenvalue weighted by molar-refractivity contribution is 7.90. The van der Waals surface area contributed by atoms with E-state index in [1.54, 1.807) is 19.9 Å². The lowest BCUT2D eigenvalue weighted by Crippen LogP contribution is -2.39. The Balaban J connectivity index is 2.23. The van der Waals surface area contributed by atoms with Gasteiger partial charge in [-0.3, -0.25) is 9.52 Å². The van der Waals surface area contributed by atoms with Crippen LogP contribution in [0.15, 0.2) is 30.5 Å². The Morgan fingerprint density at radius 1 is 1.29 bits per heavy atom. The molecule has 1 fully saturated rings. The molecule has 1 amide bonds. The number of allylic oxidation sites excluding steroid dienone is 3. The normalized spacial score (nSPS) is 17.9. The lowest BCUT2D eigenvalue weighted by molar-refractivity contribution is -0.130. The maximum absolute atomic E-state index is 13.5. The van der Waals surface area contributed by atoms with Gasteiger partial charge in [0.15, 0.2) is 0 Å². The van der Waals surface area contributed by atoms with Crippen LogP contribution in [0.25, 0.3) is 11.3 Å². The zero-order chi connectivity index (χ0) is 26.3. The van der Waals surface area contributed by atoms with E-state index in [2.05, 4.69) is 34.2 Å². The Labute approximate surface area is 211 Å². The Morgan fingerprint density at radius 2 is 1.97 bits per heavy atom. The molecule has 0 saturated carbocycles. The van der Waals surface area contributed by atoms with Crippen molar-refractivity contribution in [3.05, 3.63) is 47.3 Å². The number of carbonyl (C=O) groups excluding carboxylic acids is 1. The van der Waals surface area contributed by atoms with Gasteiger partial charge in [-0.2, -0.15) is 0 Å². The van der Waals surface area contributed by atoms with Crippen molar-refractivity contribution in [2.24, 2.45) is 5.92 Å². The van der Waals surface area contributed by atoms with Crippen LogP contribution in [0.5, 0.6) is 0 Å². The summed E-state index contributed by atoms with van der Waals surface area (Å²) in [5.74, 6) is 1.94. The van der Waals surface area contributed by atoms with E-state index < -0.39 is 21.2 Å². The third kappa shape index (κ3) is 6.89. The van der Waals surface area contributed by atoms with Crippen LogP contribution < -0.4 is 4.72 Å². The predicted molar refractivity (Wildman–Crippen MR) is 145 cm³/mol. The molecule has 2 atom stereocenters. The summed E-state index contributed by atoms with van der Waals surface area (Å²) in [6.45, 7) is 16.4. The molecule has 35 heavy (non-hydrogen) atoms. The second kappa shape index (κ2) is 12.3. The fourth-order valence-electron chi connectivity index (χ4n) is 4.56. The predicted octanol–water partition coefficient (Wildman–Crippen LogP) is 3.77. The van der Waals surface area contributed by atoms with E-state index in [0.29, 0.717) is 24.5 Å². The number of likely N-dealkylation sites (N-methyl/N-ethyl adjacent to an activating group) is 1. The van der Waals surface area contributed by atoms with Gasteiger partial charge in [0, 0.05) is 43.7 Å². The van der Waals surface area contributed by atoms with Gasteiger partial charge in [-0.25, -0.2) is 8.42 Å². The van der Waals surface area contributed by atoms with E-state index in [4.69, 9.17) is 6.42 Å². The highest BCUT2D eigenvalue weighted by atomic mass is 32.2. The van der Waals surface area contributed by atoms with E-state index in [1.165, 1.54) is 0 Å². The fourth-order valence-corrected chi connectivity index (χ4v) is 6.11. The molecule has 0 spiro atoms. The van der Waals surface area contributed by atoms with E-state index in [9.17, 15) is 13.2 Å².